The lowest BCUT2D eigenvalue weighted by Crippen LogP contribution is -2.41. The van der Waals surface area contributed by atoms with Gasteiger partial charge in [-0.3, -0.25) is 9.59 Å². The van der Waals surface area contributed by atoms with Gasteiger partial charge in [0, 0.05) is 10.9 Å². The van der Waals surface area contributed by atoms with E-state index < -0.39 is 6.04 Å². The first-order chi connectivity index (χ1) is 9.56. The van der Waals surface area contributed by atoms with Crippen LogP contribution < -0.4 is 10.6 Å². The largest absolute Gasteiger partial charge is 0.341 e. The van der Waals surface area contributed by atoms with Crippen LogP contribution in [-0.4, -0.2) is 17.9 Å². The Hall–Kier alpha value is -2.14. The Bertz CT molecular complexity index is 608. The molecule has 0 radical (unpaired) electrons. The Morgan fingerprint density at radius 1 is 1.25 bits per heavy atom. The van der Waals surface area contributed by atoms with E-state index in [-0.39, 0.29) is 11.8 Å². The van der Waals surface area contributed by atoms with Gasteiger partial charge in [0.05, 0.1) is 5.69 Å². The zero-order chi connectivity index (χ0) is 14.5. The highest BCUT2D eigenvalue weighted by molar-refractivity contribution is 7.08. The number of nitrogens with one attached hydrogen (secondary N) is 2. The number of hydrogen-bond donors (Lipinski definition) is 2. The van der Waals surface area contributed by atoms with Crippen molar-refractivity contribution in [3.8, 4) is 0 Å². The molecule has 0 saturated heterocycles. The van der Waals surface area contributed by atoms with Crippen LogP contribution in [0.3, 0.4) is 0 Å². The van der Waals surface area contributed by atoms with Crippen molar-refractivity contribution >= 4 is 28.8 Å². The second-order valence-corrected chi connectivity index (χ2v) is 5.35. The lowest BCUT2D eigenvalue weighted by molar-refractivity contribution is -0.117. The van der Waals surface area contributed by atoms with Crippen molar-refractivity contribution in [2.24, 2.45) is 0 Å². The van der Waals surface area contributed by atoms with Crippen LogP contribution >= 0.6 is 11.3 Å². The molecular formula is C15H16N2O2S. The molecule has 5 heteroatoms. The van der Waals surface area contributed by atoms with Crippen molar-refractivity contribution in [3.05, 3.63) is 52.2 Å². The van der Waals surface area contributed by atoms with Gasteiger partial charge in [-0.25, -0.2) is 0 Å². The molecule has 0 aliphatic rings. The Morgan fingerprint density at radius 2 is 2.05 bits per heavy atom. The summed E-state index contributed by atoms with van der Waals surface area (Å²) >= 11 is 1.50. The summed E-state index contributed by atoms with van der Waals surface area (Å²) < 4.78 is 0. The molecule has 0 unspecified atom stereocenters. The van der Waals surface area contributed by atoms with E-state index in [9.17, 15) is 9.59 Å². The van der Waals surface area contributed by atoms with Gasteiger partial charge in [-0.15, -0.1) is 0 Å². The predicted octanol–water partition coefficient (Wildman–Crippen LogP) is 2.81. The van der Waals surface area contributed by atoms with Crippen molar-refractivity contribution in [3.63, 3.8) is 0 Å². The quantitative estimate of drug-likeness (QED) is 0.909. The highest BCUT2D eigenvalue weighted by Crippen LogP contribution is 2.12. The van der Waals surface area contributed by atoms with E-state index in [2.05, 4.69) is 10.6 Å². The predicted molar refractivity (Wildman–Crippen MR) is 81.1 cm³/mol. The fraction of sp³-hybridized carbons (Fsp3) is 0.200. The molecule has 20 heavy (non-hydrogen) atoms. The first kappa shape index (κ1) is 14.3. The Labute approximate surface area is 121 Å². The Morgan fingerprint density at radius 3 is 2.70 bits per heavy atom. The number of benzene rings is 1. The van der Waals surface area contributed by atoms with Gasteiger partial charge in [0.1, 0.15) is 6.04 Å². The van der Waals surface area contributed by atoms with Gasteiger partial charge >= 0.3 is 0 Å². The molecule has 1 heterocycles. The molecule has 2 N–H and O–H groups in total. The summed E-state index contributed by atoms with van der Waals surface area (Å²) in [6, 6.07) is 8.48. The number of hydrogen-bond acceptors (Lipinski definition) is 3. The normalized spacial score (nSPS) is 11.7. The van der Waals surface area contributed by atoms with Crippen LogP contribution in [0.25, 0.3) is 0 Å². The summed E-state index contributed by atoms with van der Waals surface area (Å²) in [5.74, 6) is -0.480. The molecule has 0 bridgehead atoms. The maximum absolute atomic E-state index is 12.0. The molecule has 0 aliphatic carbocycles. The molecule has 0 saturated carbocycles. The van der Waals surface area contributed by atoms with Gasteiger partial charge in [0.15, 0.2) is 0 Å². The molecule has 2 aromatic rings. The minimum Gasteiger partial charge on any atom is -0.341 e. The highest BCUT2D eigenvalue weighted by Gasteiger charge is 2.16. The number of rotatable bonds is 4. The number of carbonyl (C=O) groups is 2. The average Bonchev–Trinajstić information content (AvgIpc) is 2.91. The van der Waals surface area contributed by atoms with Crippen LogP contribution in [0.5, 0.6) is 0 Å². The number of aryl methyl sites for hydroxylation is 1. The van der Waals surface area contributed by atoms with E-state index in [4.69, 9.17) is 0 Å². The van der Waals surface area contributed by atoms with Gasteiger partial charge in [0.2, 0.25) is 5.91 Å². The van der Waals surface area contributed by atoms with Gasteiger partial charge in [0.25, 0.3) is 5.91 Å². The van der Waals surface area contributed by atoms with E-state index in [1.54, 1.807) is 19.1 Å². The standard InChI is InChI=1S/C15H16N2O2S/c1-10-4-3-5-12(8-10)15(19)16-11(2)14(18)17-13-6-7-20-9-13/h3-9,11H,1-2H3,(H,16,19)(H,17,18)/t11-/m0/s1. The zero-order valence-electron chi connectivity index (χ0n) is 11.3. The molecule has 0 fully saturated rings. The van der Waals surface area contributed by atoms with E-state index in [1.165, 1.54) is 11.3 Å². The summed E-state index contributed by atoms with van der Waals surface area (Å²) in [4.78, 5) is 23.9. The van der Waals surface area contributed by atoms with Crippen LogP contribution in [0.4, 0.5) is 5.69 Å². The van der Waals surface area contributed by atoms with Crippen LogP contribution in [0.2, 0.25) is 0 Å². The van der Waals surface area contributed by atoms with Crippen molar-refractivity contribution in [1.29, 1.82) is 0 Å². The van der Waals surface area contributed by atoms with E-state index >= 15 is 0 Å². The molecule has 2 rings (SSSR count). The van der Waals surface area contributed by atoms with Crippen molar-refractivity contribution in [2.45, 2.75) is 19.9 Å². The maximum Gasteiger partial charge on any atom is 0.251 e. The second-order valence-electron chi connectivity index (χ2n) is 4.57. The number of thiophene rings is 1. The summed E-state index contributed by atoms with van der Waals surface area (Å²) in [6.07, 6.45) is 0. The second kappa shape index (κ2) is 6.34. The molecule has 104 valence electrons. The fourth-order valence-electron chi connectivity index (χ4n) is 1.72. The van der Waals surface area contributed by atoms with Crippen LogP contribution in [0.1, 0.15) is 22.8 Å². The van der Waals surface area contributed by atoms with Crippen LogP contribution in [-0.2, 0) is 4.79 Å². The lowest BCUT2D eigenvalue weighted by atomic mass is 10.1. The van der Waals surface area contributed by atoms with E-state index in [1.807, 2.05) is 35.9 Å². The third-order valence-electron chi connectivity index (χ3n) is 2.81. The highest BCUT2D eigenvalue weighted by atomic mass is 32.1. The third kappa shape index (κ3) is 3.68. The summed E-state index contributed by atoms with van der Waals surface area (Å²) in [5, 5.41) is 9.16. The van der Waals surface area contributed by atoms with Crippen LogP contribution in [0, 0.1) is 6.92 Å². The molecule has 1 atom stereocenters. The minimum absolute atomic E-state index is 0.232. The van der Waals surface area contributed by atoms with Crippen molar-refractivity contribution in [2.75, 3.05) is 5.32 Å². The molecular weight excluding hydrogens is 272 g/mol. The number of anilines is 1. The minimum atomic E-state index is -0.595. The molecule has 1 aromatic carbocycles. The monoisotopic (exact) mass is 288 g/mol. The molecule has 2 amide bonds. The van der Waals surface area contributed by atoms with Crippen LogP contribution in [0.15, 0.2) is 41.1 Å². The third-order valence-corrected chi connectivity index (χ3v) is 3.49. The summed E-state index contributed by atoms with van der Waals surface area (Å²) in [7, 11) is 0. The van der Waals surface area contributed by atoms with Gasteiger partial charge in [-0.05, 0) is 37.4 Å². The lowest BCUT2D eigenvalue weighted by Gasteiger charge is -2.13. The fourth-order valence-corrected chi connectivity index (χ4v) is 2.31. The zero-order valence-corrected chi connectivity index (χ0v) is 12.2. The number of amides is 2. The van der Waals surface area contributed by atoms with Crippen molar-refractivity contribution in [1.82, 2.24) is 5.32 Å². The topological polar surface area (TPSA) is 58.2 Å². The average molecular weight is 288 g/mol. The Balaban J connectivity index is 1.95. The van der Waals surface area contributed by atoms with Gasteiger partial charge in [-0.2, -0.15) is 11.3 Å². The first-order valence-corrected chi connectivity index (χ1v) is 7.21. The van der Waals surface area contributed by atoms with Crippen molar-refractivity contribution < 1.29 is 9.59 Å². The molecule has 1 aromatic heterocycles. The van der Waals surface area contributed by atoms with E-state index in [0.717, 1.165) is 11.3 Å². The SMILES string of the molecule is Cc1cccc(C(=O)N[C@@H](C)C(=O)Nc2ccsc2)c1. The maximum atomic E-state index is 12.0. The summed E-state index contributed by atoms with van der Waals surface area (Å²) in [6.45, 7) is 3.58. The number of carbonyl (C=O) groups excluding carboxylic acids is 2. The van der Waals surface area contributed by atoms with E-state index in [0.29, 0.717) is 5.56 Å². The Kier molecular flexibility index (Phi) is 4.53. The molecule has 0 spiro atoms. The summed E-state index contributed by atoms with van der Waals surface area (Å²) in [5.41, 5.74) is 2.31. The first-order valence-electron chi connectivity index (χ1n) is 6.27. The van der Waals surface area contributed by atoms with Gasteiger partial charge in [-0.1, -0.05) is 17.7 Å². The smallest absolute Gasteiger partial charge is 0.251 e. The molecule has 0 aliphatic heterocycles. The molecule has 4 nitrogen and oxygen atoms in total. The van der Waals surface area contributed by atoms with Gasteiger partial charge < -0.3 is 10.6 Å².